The second-order valence-electron chi connectivity index (χ2n) is 6.59. The van der Waals surface area contributed by atoms with Crippen LogP contribution in [0.4, 0.5) is 23.1 Å². The van der Waals surface area contributed by atoms with Gasteiger partial charge in [-0.05, 0) is 73.4 Å². The summed E-state index contributed by atoms with van der Waals surface area (Å²) in [4.78, 5) is 8.80. The van der Waals surface area contributed by atoms with Crippen LogP contribution < -0.4 is 10.6 Å². The number of allylic oxidation sites excluding steroid dienone is 2. The van der Waals surface area contributed by atoms with Crippen molar-refractivity contribution in [3.63, 3.8) is 0 Å². The molecule has 2 N–H and O–H groups in total. The number of nitrogens with zero attached hydrogens (tertiary/aromatic N) is 4. The maximum Gasteiger partial charge on any atom is 0.229 e. The van der Waals surface area contributed by atoms with Crippen LogP contribution in [-0.2, 0) is 0 Å². The van der Waals surface area contributed by atoms with Gasteiger partial charge in [0.1, 0.15) is 5.82 Å². The number of benzene rings is 2. The molecule has 0 saturated carbocycles. The van der Waals surface area contributed by atoms with Gasteiger partial charge < -0.3 is 10.6 Å². The average molecular weight is 380 g/mol. The van der Waals surface area contributed by atoms with Crippen LogP contribution in [-0.4, -0.2) is 9.97 Å². The van der Waals surface area contributed by atoms with Crippen LogP contribution in [0.5, 0.6) is 0 Å². The Hall–Kier alpha value is -4.16. The molecule has 0 aliphatic carbocycles. The maximum absolute atomic E-state index is 8.95. The Balaban J connectivity index is 1.87. The molecule has 0 bridgehead atoms. The van der Waals surface area contributed by atoms with E-state index in [0.29, 0.717) is 17.3 Å². The number of hydrogen-bond donors (Lipinski definition) is 2. The first-order valence-electron chi connectivity index (χ1n) is 9.06. The van der Waals surface area contributed by atoms with Crippen molar-refractivity contribution in [2.45, 2.75) is 20.8 Å². The summed E-state index contributed by atoms with van der Waals surface area (Å²) < 4.78 is 0. The first-order chi connectivity index (χ1) is 14.0. The van der Waals surface area contributed by atoms with Crippen LogP contribution in [0, 0.1) is 36.5 Å². The summed E-state index contributed by atoms with van der Waals surface area (Å²) in [6, 6.07) is 17.1. The number of anilines is 4. The quantitative estimate of drug-likeness (QED) is 0.577. The molecular weight excluding hydrogens is 360 g/mol. The van der Waals surface area contributed by atoms with Crippen LogP contribution in [0.1, 0.15) is 29.2 Å². The SMILES string of the molecule is CC(=CC#N)c1ccc(C)c(Nc2ccnc(Nc3ccc(C#N)cc3)n2)c1C. The summed E-state index contributed by atoms with van der Waals surface area (Å²) in [7, 11) is 0. The topological polar surface area (TPSA) is 97.4 Å². The lowest BCUT2D eigenvalue weighted by molar-refractivity contribution is 1.16. The van der Waals surface area contributed by atoms with Crippen LogP contribution in [0.3, 0.4) is 0 Å². The zero-order valence-corrected chi connectivity index (χ0v) is 16.5. The Morgan fingerprint density at radius 1 is 1.00 bits per heavy atom. The van der Waals surface area contributed by atoms with Crippen LogP contribution in [0.2, 0.25) is 0 Å². The van der Waals surface area contributed by atoms with Gasteiger partial charge >= 0.3 is 0 Å². The van der Waals surface area contributed by atoms with Gasteiger partial charge in [0.25, 0.3) is 0 Å². The Kier molecular flexibility index (Phi) is 5.87. The number of hydrogen-bond acceptors (Lipinski definition) is 6. The van der Waals surface area contributed by atoms with E-state index in [1.54, 1.807) is 30.5 Å². The van der Waals surface area contributed by atoms with E-state index in [1.807, 2.05) is 45.0 Å². The normalized spacial score (nSPS) is 10.7. The van der Waals surface area contributed by atoms with Gasteiger partial charge in [-0.15, -0.1) is 0 Å². The molecule has 0 atom stereocenters. The number of rotatable bonds is 5. The van der Waals surface area contributed by atoms with Gasteiger partial charge in [0, 0.05) is 23.6 Å². The molecule has 0 spiro atoms. The molecule has 3 aromatic rings. The summed E-state index contributed by atoms with van der Waals surface area (Å²) >= 11 is 0. The van der Waals surface area contributed by atoms with Crippen molar-refractivity contribution in [2.24, 2.45) is 0 Å². The van der Waals surface area contributed by atoms with Crippen molar-refractivity contribution in [3.05, 3.63) is 77.0 Å². The molecule has 0 amide bonds. The van der Waals surface area contributed by atoms with Crippen molar-refractivity contribution in [1.29, 1.82) is 10.5 Å². The molecule has 6 heteroatoms. The van der Waals surface area contributed by atoms with E-state index < -0.39 is 0 Å². The monoisotopic (exact) mass is 380 g/mol. The Labute approximate surface area is 170 Å². The highest BCUT2D eigenvalue weighted by Crippen LogP contribution is 2.30. The summed E-state index contributed by atoms with van der Waals surface area (Å²) in [5.41, 5.74) is 6.41. The highest BCUT2D eigenvalue weighted by atomic mass is 15.1. The molecule has 0 saturated heterocycles. The largest absolute Gasteiger partial charge is 0.340 e. The molecule has 0 unspecified atom stereocenters. The molecule has 3 rings (SSSR count). The molecule has 0 aliphatic rings. The summed E-state index contributed by atoms with van der Waals surface area (Å²) in [5.74, 6) is 1.10. The predicted octanol–water partition coefficient (Wildman–Crippen LogP) is 5.38. The van der Waals surface area contributed by atoms with Crippen molar-refractivity contribution >= 4 is 28.7 Å². The van der Waals surface area contributed by atoms with Gasteiger partial charge in [0.15, 0.2) is 0 Å². The number of aromatic nitrogens is 2. The molecule has 6 nitrogen and oxygen atoms in total. The zero-order valence-electron chi connectivity index (χ0n) is 16.5. The maximum atomic E-state index is 8.95. The molecule has 2 aromatic carbocycles. The summed E-state index contributed by atoms with van der Waals surface area (Å²) in [5, 5.41) is 24.4. The van der Waals surface area contributed by atoms with Gasteiger partial charge in [0.05, 0.1) is 17.7 Å². The predicted molar refractivity (Wildman–Crippen MR) is 115 cm³/mol. The van der Waals surface area contributed by atoms with Gasteiger partial charge in [0.2, 0.25) is 5.95 Å². The summed E-state index contributed by atoms with van der Waals surface area (Å²) in [6.07, 6.45) is 3.22. The molecule has 1 aromatic heterocycles. The van der Waals surface area contributed by atoms with E-state index >= 15 is 0 Å². The Bertz CT molecular complexity index is 1150. The number of nitrogens with one attached hydrogen (secondary N) is 2. The first-order valence-corrected chi connectivity index (χ1v) is 9.06. The Morgan fingerprint density at radius 3 is 2.45 bits per heavy atom. The lowest BCUT2D eigenvalue weighted by Gasteiger charge is -2.16. The Morgan fingerprint density at radius 2 is 1.76 bits per heavy atom. The smallest absolute Gasteiger partial charge is 0.229 e. The van der Waals surface area contributed by atoms with E-state index in [0.717, 1.165) is 33.6 Å². The van der Waals surface area contributed by atoms with Crippen LogP contribution in [0.25, 0.3) is 5.57 Å². The highest BCUT2D eigenvalue weighted by Gasteiger charge is 2.10. The molecule has 29 heavy (non-hydrogen) atoms. The lowest BCUT2D eigenvalue weighted by Crippen LogP contribution is -2.03. The van der Waals surface area contributed by atoms with Crippen molar-refractivity contribution in [3.8, 4) is 12.1 Å². The van der Waals surface area contributed by atoms with Crippen LogP contribution in [0.15, 0.2) is 54.7 Å². The van der Waals surface area contributed by atoms with Gasteiger partial charge in [-0.25, -0.2) is 4.98 Å². The van der Waals surface area contributed by atoms with E-state index in [-0.39, 0.29) is 0 Å². The minimum Gasteiger partial charge on any atom is -0.340 e. The third kappa shape index (κ3) is 4.58. The van der Waals surface area contributed by atoms with Gasteiger partial charge in [-0.1, -0.05) is 12.1 Å². The fraction of sp³-hybridized carbons (Fsp3) is 0.130. The molecule has 0 aliphatic heterocycles. The fourth-order valence-electron chi connectivity index (χ4n) is 3.02. The van der Waals surface area contributed by atoms with Crippen molar-refractivity contribution < 1.29 is 0 Å². The average Bonchev–Trinajstić information content (AvgIpc) is 2.72. The van der Waals surface area contributed by atoms with Gasteiger partial charge in [-0.2, -0.15) is 15.5 Å². The minimum absolute atomic E-state index is 0.451. The van der Waals surface area contributed by atoms with Crippen molar-refractivity contribution in [2.75, 3.05) is 10.6 Å². The molecule has 0 fully saturated rings. The fourth-order valence-corrected chi connectivity index (χ4v) is 3.02. The molecular formula is C23H20N6. The van der Waals surface area contributed by atoms with Crippen molar-refractivity contribution in [1.82, 2.24) is 9.97 Å². The van der Waals surface area contributed by atoms with E-state index in [1.165, 1.54) is 0 Å². The minimum atomic E-state index is 0.451. The van der Waals surface area contributed by atoms with E-state index in [9.17, 15) is 0 Å². The summed E-state index contributed by atoms with van der Waals surface area (Å²) in [6.45, 7) is 5.98. The van der Waals surface area contributed by atoms with Gasteiger partial charge in [-0.3, -0.25) is 0 Å². The zero-order chi connectivity index (χ0) is 20.8. The standard InChI is InChI=1S/C23H20N6/c1-15(10-12-24)20-9-4-16(2)22(17(20)3)28-21-11-13-26-23(29-21)27-19-7-5-18(14-25)6-8-19/h4-11,13H,1-3H3,(H2,26,27,28,29). The molecule has 0 radical (unpaired) electrons. The number of aryl methyl sites for hydroxylation is 1. The highest BCUT2D eigenvalue weighted by molar-refractivity contribution is 5.76. The third-order valence-electron chi connectivity index (χ3n) is 4.56. The van der Waals surface area contributed by atoms with Crippen LogP contribution >= 0.6 is 0 Å². The number of nitriles is 2. The first kappa shape index (κ1) is 19.6. The third-order valence-corrected chi connectivity index (χ3v) is 4.56. The lowest BCUT2D eigenvalue weighted by atomic mass is 9.97. The van der Waals surface area contributed by atoms with E-state index in [4.69, 9.17) is 10.5 Å². The van der Waals surface area contributed by atoms with E-state index in [2.05, 4.69) is 32.7 Å². The molecule has 1 heterocycles. The molecule has 142 valence electrons. The second kappa shape index (κ2) is 8.69. The second-order valence-corrected chi connectivity index (χ2v) is 6.59.